The summed E-state index contributed by atoms with van der Waals surface area (Å²) in [7, 11) is 5.38. The number of hydrogen-bond donors (Lipinski definition) is 1. The van der Waals surface area contributed by atoms with Crippen LogP contribution in [0.1, 0.15) is 55.9 Å². The van der Waals surface area contributed by atoms with Gasteiger partial charge in [0.1, 0.15) is 11.5 Å². The van der Waals surface area contributed by atoms with E-state index in [1.165, 1.54) is 5.56 Å². The Bertz CT molecular complexity index is 942. The van der Waals surface area contributed by atoms with E-state index in [0.29, 0.717) is 17.7 Å². The molecular formula is C28H41NO5. The molecule has 0 radical (unpaired) electrons. The largest absolute Gasteiger partial charge is 0.496 e. The van der Waals surface area contributed by atoms with E-state index >= 15 is 0 Å². The minimum absolute atomic E-state index is 0.154. The van der Waals surface area contributed by atoms with Crippen molar-refractivity contribution < 1.29 is 24.1 Å². The van der Waals surface area contributed by atoms with Crippen LogP contribution < -0.4 is 9.47 Å². The lowest BCUT2D eigenvalue weighted by atomic mass is 9.77. The zero-order valence-electron chi connectivity index (χ0n) is 21.8. The zero-order chi connectivity index (χ0) is 25.3. The number of ether oxygens (including phenoxy) is 3. The van der Waals surface area contributed by atoms with E-state index in [1.54, 1.807) is 14.2 Å². The number of likely N-dealkylation sites (N-methyl/N-ethyl adjacent to an activating group) is 1. The van der Waals surface area contributed by atoms with Crippen molar-refractivity contribution >= 4 is 5.97 Å². The van der Waals surface area contributed by atoms with Crippen molar-refractivity contribution in [3.8, 4) is 11.5 Å². The highest BCUT2D eigenvalue weighted by Gasteiger charge is 2.37. The third kappa shape index (κ3) is 7.21. The third-order valence-corrected chi connectivity index (χ3v) is 6.35. The van der Waals surface area contributed by atoms with Gasteiger partial charge in [0, 0.05) is 12.1 Å². The van der Waals surface area contributed by atoms with Crippen LogP contribution in [0.15, 0.2) is 36.4 Å². The Morgan fingerprint density at radius 1 is 1.06 bits per heavy atom. The molecule has 188 valence electrons. The first-order valence-corrected chi connectivity index (χ1v) is 12.0. The van der Waals surface area contributed by atoms with Crippen molar-refractivity contribution in [1.29, 1.82) is 0 Å². The minimum Gasteiger partial charge on any atom is -0.496 e. The highest BCUT2D eigenvalue weighted by atomic mass is 16.5. The Balaban J connectivity index is 2.07. The average molecular weight is 472 g/mol. The van der Waals surface area contributed by atoms with Gasteiger partial charge in [-0.3, -0.25) is 4.79 Å². The van der Waals surface area contributed by atoms with Crippen LogP contribution in [-0.4, -0.2) is 56.4 Å². The molecule has 0 saturated heterocycles. The molecule has 34 heavy (non-hydrogen) atoms. The molecule has 0 saturated carbocycles. The summed E-state index contributed by atoms with van der Waals surface area (Å²) in [6.45, 7) is 9.31. The van der Waals surface area contributed by atoms with Crippen LogP contribution in [0.2, 0.25) is 0 Å². The van der Waals surface area contributed by atoms with Crippen LogP contribution in [0.25, 0.3) is 0 Å². The lowest BCUT2D eigenvalue weighted by Gasteiger charge is -2.30. The number of methoxy groups -OCH3 is 2. The van der Waals surface area contributed by atoms with Gasteiger partial charge in [0.15, 0.2) is 0 Å². The summed E-state index contributed by atoms with van der Waals surface area (Å²) in [6.07, 6.45) is 2.20. The number of esters is 1. The Morgan fingerprint density at radius 2 is 1.76 bits per heavy atom. The number of aliphatic hydroxyl groups is 1. The van der Waals surface area contributed by atoms with Crippen LogP contribution in [0.5, 0.6) is 11.5 Å². The van der Waals surface area contributed by atoms with Crippen LogP contribution in [0.4, 0.5) is 0 Å². The molecule has 6 nitrogen and oxygen atoms in total. The molecule has 0 aliphatic rings. The van der Waals surface area contributed by atoms with E-state index in [4.69, 9.17) is 14.2 Å². The Morgan fingerprint density at radius 3 is 2.38 bits per heavy atom. The van der Waals surface area contributed by atoms with E-state index in [9.17, 15) is 9.90 Å². The molecule has 1 atom stereocenters. The van der Waals surface area contributed by atoms with Crippen molar-refractivity contribution in [3.63, 3.8) is 0 Å². The number of aryl methyl sites for hydroxylation is 1. The molecule has 0 aliphatic heterocycles. The summed E-state index contributed by atoms with van der Waals surface area (Å²) < 4.78 is 16.4. The number of carbonyl (C=O) groups excluding carboxylic acids is 1. The molecule has 0 fully saturated rings. The summed E-state index contributed by atoms with van der Waals surface area (Å²) in [5.74, 6) is 1.28. The standard InChI is InChI=1S/C28H41NO5/c1-20(2)34-27(31)28(4,24-11-12-25(32-6)23(18-24)19-30)14-8-15-29(5)16-13-22-10-9-21(3)26(17-22)33-7/h9-12,17-18,20,30H,8,13-16,19H2,1-7H3. The fraction of sp³-hybridized carbons (Fsp3) is 0.536. The SMILES string of the molecule is COc1cc(CCN(C)CCCC(C)(C(=O)OC(C)C)c2ccc(OC)c(CO)c2)ccc1C. The molecule has 0 heterocycles. The second-order valence-corrected chi connectivity index (χ2v) is 9.43. The lowest BCUT2D eigenvalue weighted by molar-refractivity contribution is -0.154. The van der Waals surface area contributed by atoms with E-state index in [0.717, 1.165) is 42.8 Å². The Labute approximate surface area is 204 Å². The van der Waals surface area contributed by atoms with Gasteiger partial charge >= 0.3 is 5.97 Å². The van der Waals surface area contributed by atoms with Crippen molar-refractivity contribution in [3.05, 3.63) is 58.7 Å². The van der Waals surface area contributed by atoms with Gasteiger partial charge in [-0.25, -0.2) is 0 Å². The van der Waals surface area contributed by atoms with E-state index in [1.807, 2.05) is 45.9 Å². The summed E-state index contributed by atoms with van der Waals surface area (Å²) in [6, 6.07) is 11.9. The maximum atomic E-state index is 13.2. The number of carbonyl (C=O) groups is 1. The molecule has 2 rings (SSSR count). The monoisotopic (exact) mass is 471 g/mol. The predicted molar refractivity (Wildman–Crippen MR) is 136 cm³/mol. The van der Waals surface area contributed by atoms with Crippen LogP contribution in [0.3, 0.4) is 0 Å². The lowest BCUT2D eigenvalue weighted by Crippen LogP contribution is -2.37. The first-order valence-electron chi connectivity index (χ1n) is 12.0. The maximum absolute atomic E-state index is 13.2. The van der Waals surface area contributed by atoms with E-state index < -0.39 is 5.41 Å². The minimum atomic E-state index is -0.814. The van der Waals surface area contributed by atoms with Gasteiger partial charge in [0.2, 0.25) is 0 Å². The van der Waals surface area contributed by atoms with Crippen LogP contribution >= 0.6 is 0 Å². The molecular weight excluding hydrogens is 430 g/mol. The second kappa shape index (κ2) is 12.8. The maximum Gasteiger partial charge on any atom is 0.316 e. The molecule has 1 unspecified atom stereocenters. The Kier molecular flexibility index (Phi) is 10.4. The molecule has 0 bridgehead atoms. The van der Waals surface area contributed by atoms with Gasteiger partial charge < -0.3 is 24.2 Å². The number of rotatable bonds is 13. The van der Waals surface area contributed by atoms with Gasteiger partial charge in [-0.05, 0) is 95.4 Å². The molecule has 0 spiro atoms. The van der Waals surface area contributed by atoms with Crippen molar-refractivity contribution in [2.75, 3.05) is 34.4 Å². The zero-order valence-corrected chi connectivity index (χ0v) is 21.8. The number of nitrogens with zero attached hydrogens (tertiary/aromatic N) is 1. The predicted octanol–water partition coefficient (Wildman–Crippen LogP) is 4.67. The highest BCUT2D eigenvalue weighted by molar-refractivity contribution is 5.83. The summed E-state index contributed by atoms with van der Waals surface area (Å²) in [5, 5.41) is 9.76. The molecule has 0 aliphatic carbocycles. The van der Waals surface area contributed by atoms with Crippen molar-refractivity contribution in [2.45, 2.75) is 65.1 Å². The van der Waals surface area contributed by atoms with E-state index in [-0.39, 0.29) is 18.7 Å². The summed E-state index contributed by atoms with van der Waals surface area (Å²) in [5.41, 5.74) is 3.06. The molecule has 0 amide bonds. The molecule has 1 N–H and O–H groups in total. The number of hydrogen-bond acceptors (Lipinski definition) is 6. The summed E-state index contributed by atoms with van der Waals surface area (Å²) >= 11 is 0. The van der Waals surface area contributed by atoms with Crippen LogP contribution in [-0.2, 0) is 28.0 Å². The van der Waals surface area contributed by atoms with Crippen molar-refractivity contribution in [1.82, 2.24) is 4.90 Å². The molecule has 2 aromatic rings. The first kappa shape index (κ1) is 27.7. The summed E-state index contributed by atoms with van der Waals surface area (Å²) in [4.78, 5) is 15.4. The van der Waals surface area contributed by atoms with Gasteiger partial charge in [0.25, 0.3) is 0 Å². The quantitative estimate of drug-likeness (QED) is 0.428. The first-order chi connectivity index (χ1) is 16.1. The second-order valence-electron chi connectivity index (χ2n) is 9.43. The third-order valence-electron chi connectivity index (χ3n) is 6.35. The number of benzene rings is 2. The van der Waals surface area contributed by atoms with Crippen LogP contribution in [0, 0.1) is 6.92 Å². The van der Waals surface area contributed by atoms with Crippen molar-refractivity contribution in [2.24, 2.45) is 0 Å². The average Bonchev–Trinajstić information content (AvgIpc) is 2.82. The van der Waals surface area contributed by atoms with Gasteiger partial charge in [-0.1, -0.05) is 18.2 Å². The smallest absolute Gasteiger partial charge is 0.316 e. The Hall–Kier alpha value is -2.57. The topological polar surface area (TPSA) is 68.2 Å². The number of aliphatic hydroxyl groups excluding tert-OH is 1. The highest BCUT2D eigenvalue weighted by Crippen LogP contribution is 2.34. The fourth-order valence-corrected chi connectivity index (χ4v) is 4.11. The molecule has 0 aromatic heterocycles. The molecule has 2 aromatic carbocycles. The normalized spacial score (nSPS) is 13.1. The van der Waals surface area contributed by atoms with Gasteiger partial charge in [-0.2, -0.15) is 0 Å². The van der Waals surface area contributed by atoms with Gasteiger partial charge in [0.05, 0.1) is 32.3 Å². The van der Waals surface area contributed by atoms with Gasteiger partial charge in [-0.15, -0.1) is 0 Å². The molecule has 6 heteroatoms. The van der Waals surface area contributed by atoms with E-state index in [2.05, 4.69) is 30.1 Å². The fourth-order valence-electron chi connectivity index (χ4n) is 4.11.